The summed E-state index contributed by atoms with van der Waals surface area (Å²) >= 11 is 1.72. The summed E-state index contributed by atoms with van der Waals surface area (Å²) < 4.78 is 0. The van der Waals surface area contributed by atoms with Crippen LogP contribution in [0.25, 0.3) is 12.2 Å². The smallest absolute Gasteiger partial charge is 0.185 e. The monoisotopic (exact) mass is 568 g/mol. The van der Waals surface area contributed by atoms with Crippen LogP contribution in [0.5, 0.6) is 0 Å². The number of nitriles is 1. The number of para-hydroxylation sites is 1. The highest BCUT2D eigenvalue weighted by atomic mass is 32.2. The van der Waals surface area contributed by atoms with Crippen LogP contribution < -0.4 is 4.90 Å². The van der Waals surface area contributed by atoms with E-state index in [0.717, 1.165) is 34.7 Å². The number of allylic oxidation sites excluding steroid dienone is 2. The van der Waals surface area contributed by atoms with Crippen LogP contribution in [0.15, 0.2) is 113 Å². The fourth-order valence-corrected chi connectivity index (χ4v) is 6.02. The molecule has 5 heteroatoms. The number of fused-ring (bicyclic) bond motifs is 2. The molecule has 0 atom stereocenters. The van der Waals surface area contributed by atoms with E-state index >= 15 is 0 Å². The van der Waals surface area contributed by atoms with Gasteiger partial charge in [-0.1, -0.05) is 98.6 Å². The van der Waals surface area contributed by atoms with Gasteiger partial charge in [0, 0.05) is 27.5 Å². The van der Waals surface area contributed by atoms with Gasteiger partial charge in [-0.25, -0.2) is 0 Å². The van der Waals surface area contributed by atoms with Crippen LogP contribution in [-0.2, 0) is 0 Å². The van der Waals surface area contributed by atoms with E-state index in [1.165, 1.54) is 35.9 Å². The molecule has 42 heavy (non-hydrogen) atoms. The van der Waals surface area contributed by atoms with Crippen LogP contribution >= 0.6 is 11.8 Å². The summed E-state index contributed by atoms with van der Waals surface area (Å²) in [7, 11) is 0. The Morgan fingerprint density at radius 3 is 2.05 bits per heavy atom. The minimum atomic E-state index is -0.112. The number of ketones is 2. The lowest BCUT2D eigenvalue weighted by Gasteiger charge is -2.33. The van der Waals surface area contributed by atoms with Crippen molar-refractivity contribution in [1.29, 1.82) is 5.26 Å². The first-order valence-corrected chi connectivity index (χ1v) is 15.1. The molecule has 0 aromatic heterocycles. The molecule has 1 heterocycles. The highest BCUT2D eigenvalue weighted by Crippen LogP contribution is 2.48. The van der Waals surface area contributed by atoms with E-state index in [4.69, 9.17) is 5.26 Å². The van der Waals surface area contributed by atoms with Gasteiger partial charge in [0.25, 0.3) is 0 Å². The van der Waals surface area contributed by atoms with Gasteiger partial charge in [0.15, 0.2) is 11.6 Å². The second-order valence-electron chi connectivity index (χ2n) is 10.2. The maximum Gasteiger partial charge on any atom is 0.185 e. The molecule has 0 bridgehead atoms. The highest BCUT2D eigenvalue weighted by molar-refractivity contribution is 7.99. The number of benzene rings is 4. The predicted molar refractivity (Wildman–Crippen MR) is 172 cm³/mol. The average Bonchev–Trinajstić information content (AvgIpc) is 3.04. The normalized spacial score (nSPS) is 12.2. The first kappa shape index (κ1) is 28.9. The zero-order valence-corrected chi connectivity index (χ0v) is 24.4. The molecule has 0 spiro atoms. The molecule has 1 aliphatic heterocycles. The van der Waals surface area contributed by atoms with Crippen molar-refractivity contribution in [3.8, 4) is 6.07 Å². The van der Waals surface area contributed by atoms with E-state index < -0.39 is 0 Å². The molecule has 0 saturated carbocycles. The van der Waals surface area contributed by atoms with Crippen molar-refractivity contribution in [3.05, 3.63) is 131 Å². The number of nitrogens with zero attached hydrogens (tertiary/aromatic N) is 2. The Balaban J connectivity index is 1.25. The zero-order chi connectivity index (χ0) is 29.3. The summed E-state index contributed by atoms with van der Waals surface area (Å²) in [6.07, 6.45) is 11.4. The minimum Gasteiger partial charge on any atom is -0.340 e. The van der Waals surface area contributed by atoms with Gasteiger partial charge in [0.05, 0.1) is 23.0 Å². The lowest BCUT2D eigenvalue weighted by molar-refractivity contribution is 0.103. The van der Waals surface area contributed by atoms with Crippen molar-refractivity contribution in [2.45, 2.75) is 42.4 Å². The number of carbonyl (C=O) groups is 2. The summed E-state index contributed by atoms with van der Waals surface area (Å²) in [4.78, 5) is 30.4. The van der Waals surface area contributed by atoms with Gasteiger partial charge in [0.2, 0.25) is 0 Å². The van der Waals surface area contributed by atoms with Crippen molar-refractivity contribution in [2.75, 3.05) is 11.4 Å². The van der Waals surface area contributed by atoms with E-state index in [1.54, 1.807) is 66.4 Å². The maximum absolute atomic E-state index is 13.1. The molecular weight excluding hydrogens is 536 g/mol. The molecule has 0 unspecified atom stereocenters. The third-order valence-corrected chi connectivity index (χ3v) is 8.35. The summed E-state index contributed by atoms with van der Waals surface area (Å²) in [5.74, 6) is -0.171. The van der Waals surface area contributed by atoms with Crippen molar-refractivity contribution in [3.63, 3.8) is 0 Å². The standard InChI is InChI=1S/C37H32N2O2S/c1-2-3-4-7-24-39-32-8-5-6-9-36(32)42-37-25-31(20-21-33(37)39)35(41)23-17-28-14-18-30(19-15-28)34(40)22-16-27-10-12-29(26-38)13-11-27/h5-6,8-23,25H,2-4,7,24H2,1H3. The van der Waals surface area contributed by atoms with E-state index in [0.29, 0.717) is 16.7 Å². The van der Waals surface area contributed by atoms with Crippen LogP contribution in [0.3, 0.4) is 0 Å². The van der Waals surface area contributed by atoms with Crippen molar-refractivity contribution in [1.82, 2.24) is 0 Å². The van der Waals surface area contributed by atoms with Crippen LogP contribution in [0, 0.1) is 11.3 Å². The molecule has 0 N–H and O–H groups in total. The topological polar surface area (TPSA) is 61.2 Å². The van der Waals surface area contributed by atoms with Crippen LogP contribution in [0.4, 0.5) is 11.4 Å². The van der Waals surface area contributed by atoms with Crippen molar-refractivity contribution < 1.29 is 9.59 Å². The lowest BCUT2D eigenvalue weighted by Crippen LogP contribution is -2.22. The third-order valence-electron chi connectivity index (χ3n) is 7.24. The average molecular weight is 569 g/mol. The molecule has 4 aromatic rings. The Labute approximate surface area is 252 Å². The van der Waals surface area contributed by atoms with E-state index in [9.17, 15) is 9.59 Å². The number of anilines is 2. The number of carbonyl (C=O) groups excluding carboxylic acids is 2. The molecular formula is C37H32N2O2S. The fourth-order valence-electron chi connectivity index (χ4n) is 4.89. The third kappa shape index (κ3) is 6.97. The van der Waals surface area contributed by atoms with Gasteiger partial charge in [0.1, 0.15) is 0 Å². The molecule has 4 aromatic carbocycles. The first-order chi connectivity index (χ1) is 20.6. The number of hydrogen-bond donors (Lipinski definition) is 0. The predicted octanol–water partition coefficient (Wildman–Crippen LogP) is 9.53. The van der Waals surface area contributed by atoms with Crippen LogP contribution in [-0.4, -0.2) is 18.1 Å². The summed E-state index contributed by atoms with van der Waals surface area (Å²) in [5.41, 5.74) is 5.88. The van der Waals surface area contributed by atoms with Gasteiger partial charge in [-0.05, 0) is 72.2 Å². The molecule has 1 aliphatic rings. The second-order valence-corrected chi connectivity index (χ2v) is 11.3. The molecule has 0 saturated heterocycles. The molecule has 5 rings (SSSR count). The fraction of sp³-hybridized carbons (Fsp3) is 0.162. The van der Waals surface area contributed by atoms with E-state index in [1.807, 2.05) is 24.3 Å². The van der Waals surface area contributed by atoms with E-state index in [-0.39, 0.29) is 11.6 Å². The van der Waals surface area contributed by atoms with Crippen LogP contribution in [0.1, 0.15) is 70.0 Å². The molecule has 0 radical (unpaired) electrons. The van der Waals surface area contributed by atoms with Gasteiger partial charge < -0.3 is 4.90 Å². The molecule has 0 aliphatic carbocycles. The summed E-state index contributed by atoms with van der Waals surface area (Å²) in [6.45, 7) is 3.19. The maximum atomic E-state index is 13.1. The molecule has 0 amide bonds. The van der Waals surface area contributed by atoms with E-state index in [2.05, 4.69) is 48.2 Å². The largest absolute Gasteiger partial charge is 0.340 e. The minimum absolute atomic E-state index is 0.0581. The molecule has 208 valence electrons. The molecule has 0 fully saturated rings. The lowest BCUT2D eigenvalue weighted by atomic mass is 10.0. The van der Waals surface area contributed by atoms with Crippen LogP contribution in [0.2, 0.25) is 0 Å². The number of rotatable bonds is 11. The SMILES string of the molecule is CCCCCCN1c2ccccc2Sc2cc(C(=O)C=Cc3ccc(C(=O)C=Cc4ccc(C#N)cc4)cc3)ccc21. The quantitative estimate of drug-likeness (QED) is 0.102. The summed E-state index contributed by atoms with van der Waals surface area (Å²) in [6, 6.07) is 30.8. The first-order valence-electron chi connectivity index (χ1n) is 14.3. The van der Waals surface area contributed by atoms with Gasteiger partial charge in [-0.3, -0.25) is 9.59 Å². The number of unbranched alkanes of at least 4 members (excludes halogenated alkanes) is 3. The summed E-state index contributed by atoms with van der Waals surface area (Å²) in [5, 5.41) is 8.91. The Morgan fingerprint density at radius 1 is 0.738 bits per heavy atom. The Morgan fingerprint density at radius 2 is 1.36 bits per heavy atom. The van der Waals surface area contributed by atoms with Gasteiger partial charge >= 0.3 is 0 Å². The Kier molecular flexibility index (Phi) is 9.48. The van der Waals surface area contributed by atoms with Crippen molar-refractivity contribution in [2.24, 2.45) is 0 Å². The Bertz CT molecular complexity index is 1680. The van der Waals surface area contributed by atoms with Crippen molar-refractivity contribution >= 4 is 46.9 Å². The Hall–Kier alpha value is -4.66. The van der Waals surface area contributed by atoms with Gasteiger partial charge in [-0.15, -0.1) is 0 Å². The zero-order valence-electron chi connectivity index (χ0n) is 23.6. The number of hydrogen-bond acceptors (Lipinski definition) is 5. The molecule has 4 nitrogen and oxygen atoms in total. The van der Waals surface area contributed by atoms with Gasteiger partial charge in [-0.2, -0.15) is 5.26 Å². The second kappa shape index (κ2) is 13.8. The highest BCUT2D eigenvalue weighted by Gasteiger charge is 2.23.